The molecule has 1 aliphatic rings. The van der Waals surface area contributed by atoms with Crippen LogP contribution in [0.4, 0.5) is 0 Å². The highest BCUT2D eigenvalue weighted by atomic mass is 32.2. The van der Waals surface area contributed by atoms with E-state index in [1.807, 2.05) is 19.9 Å². The van der Waals surface area contributed by atoms with Gasteiger partial charge in [0.25, 0.3) is 0 Å². The van der Waals surface area contributed by atoms with E-state index in [2.05, 4.69) is 17.6 Å². The number of nitrogens with one attached hydrogen (secondary N) is 2. The van der Waals surface area contributed by atoms with E-state index in [0.29, 0.717) is 22.8 Å². The van der Waals surface area contributed by atoms with E-state index in [0.717, 1.165) is 25.9 Å². The Kier molecular flexibility index (Phi) is 7.55. The van der Waals surface area contributed by atoms with E-state index < -0.39 is 9.84 Å². The van der Waals surface area contributed by atoms with Crippen LogP contribution in [0, 0.1) is 5.41 Å². The summed E-state index contributed by atoms with van der Waals surface area (Å²) >= 11 is 1.31. The van der Waals surface area contributed by atoms with Crippen molar-refractivity contribution in [1.29, 1.82) is 0 Å². The Bertz CT molecular complexity index is 713. The van der Waals surface area contributed by atoms with E-state index in [1.165, 1.54) is 11.8 Å². The summed E-state index contributed by atoms with van der Waals surface area (Å²) in [6.07, 6.45) is 2.67. The second kappa shape index (κ2) is 9.24. The van der Waals surface area contributed by atoms with Crippen LogP contribution in [0.25, 0.3) is 0 Å². The summed E-state index contributed by atoms with van der Waals surface area (Å²) in [5.74, 6) is 0.0785. The molecule has 0 spiro atoms. The van der Waals surface area contributed by atoms with Gasteiger partial charge in [0.15, 0.2) is 9.84 Å². The fourth-order valence-electron chi connectivity index (χ4n) is 3.08. The topological polar surface area (TPSA) is 75.3 Å². The van der Waals surface area contributed by atoms with Crippen LogP contribution < -0.4 is 10.6 Å². The molecule has 0 saturated carbocycles. The highest BCUT2D eigenvalue weighted by molar-refractivity contribution is 8.01. The molecule has 1 aromatic carbocycles. The minimum absolute atomic E-state index is 0.0440. The van der Waals surface area contributed by atoms with Crippen molar-refractivity contribution in [2.45, 2.75) is 55.1 Å². The normalized spacial score (nSPS) is 18.3. The maximum Gasteiger partial charge on any atom is 0.233 e. The molecule has 0 aliphatic carbocycles. The lowest BCUT2D eigenvalue weighted by atomic mass is 9.81. The van der Waals surface area contributed by atoms with Gasteiger partial charge < -0.3 is 10.6 Å². The lowest BCUT2D eigenvalue weighted by molar-refractivity contribution is -0.120. The lowest BCUT2D eigenvalue weighted by Gasteiger charge is -2.34. The monoisotopic (exact) mass is 398 g/mol. The van der Waals surface area contributed by atoms with E-state index >= 15 is 0 Å². The van der Waals surface area contributed by atoms with Gasteiger partial charge in [-0.1, -0.05) is 26.0 Å². The SMILES string of the molecule is CCCS(=O)(=O)c1ccccc1SC(C)C(=O)NCC1(C)CCNCC1. The molecule has 0 bridgehead atoms. The number of amides is 1. The molecule has 1 aliphatic heterocycles. The Morgan fingerprint density at radius 2 is 1.96 bits per heavy atom. The number of carbonyl (C=O) groups excluding carboxylic acids is 1. The van der Waals surface area contributed by atoms with Gasteiger partial charge in [0, 0.05) is 11.4 Å². The van der Waals surface area contributed by atoms with Crippen molar-refractivity contribution in [2.75, 3.05) is 25.4 Å². The number of rotatable bonds is 8. The molecule has 2 rings (SSSR count). The summed E-state index contributed by atoms with van der Waals surface area (Å²) in [5.41, 5.74) is 0.133. The van der Waals surface area contributed by atoms with Crippen LogP contribution in [-0.2, 0) is 14.6 Å². The maximum absolute atomic E-state index is 12.5. The molecule has 146 valence electrons. The number of hydrogen-bond donors (Lipinski definition) is 2. The van der Waals surface area contributed by atoms with Gasteiger partial charge in [0.2, 0.25) is 5.91 Å². The summed E-state index contributed by atoms with van der Waals surface area (Å²) in [7, 11) is -3.31. The van der Waals surface area contributed by atoms with Gasteiger partial charge >= 0.3 is 0 Å². The minimum atomic E-state index is -3.31. The van der Waals surface area contributed by atoms with Gasteiger partial charge in [-0.2, -0.15) is 0 Å². The van der Waals surface area contributed by atoms with Crippen molar-refractivity contribution in [3.05, 3.63) is 24.3 Å². The zero-order valence-electron chi connectivity index (χ0n) is 15.9. The molecule has 1 atom stereocenters. The third-order valence-electron chi connectivity index (χ3n) is 4.83. The summed E-state index contributed by atoms with van der Waals surface area (Å²) in [5, 5.41) is 6.05. The number of piperidine rings is 1. The molecule has 1 fully saturated rings. The molecule has 1 unspecified atom stereocenters. The zero-order chi connectivity index (χ0) is 19.2. The first kappa shape index (κ1) is 21.3. The number of sulfone groups is 1. The fourth-order valence-corrected chi connectivity index (χ4v) is 5.93. The second-order valence-electron chi connectivity index (χ2n) is 7.30. The number of hydrogen-bond acceptors (Lipinski definition) is 5. The van der Waals surface area contributed by atoms with Crippen LogP contribution in [0.3, 0.4) is 0 Å². The first-order valence-electron chi connectivity index (χ1n) is 9.24. The van der Waals surface area contributed by atoms with Gasteiger partial charge in [-0.3, -0.25) is 4.79 Å². The highest BCUT2D eigenvalue weighted by Crippen LogP contribution is 2.31. The molecule has 1 amide bonds. The van der Waals surface area contributed by atoms with Crippen LogP contribution in [0.1, 0.15) is 40.0 Å². The molecule has 0 aromatic heterocycles. The third kappa shape index (κ3) is 5.72. The Morgan fingerprint density at radius 3 is 2.62 bits per heavy atom. The van der Waals surface area contributed by atoms with Crippen molar-refractivity contribution >= 4 is 27.5 Å². The Morgan fingerprint density at radius 1 is 1.31 bits per heavy atom. The first-order valence-corrected chi connectivity index (χ1v) is 11.8. The smallest absolute Gasteiger partial charge is 0.233 e. The average Bonchev–Trinajstić information content (AvgIpc) is 2.60. The number of thioether (sulfide) groups is 1. The van der Waals surface area contributed by atoms with Crippen LogP contribution in [-0.4, -0.2) is 45.0 Å². The molecular weight excluding hydrogens is 368 g/mol. The Hall–Kier alpha value is -1.05. The second-order valence-corrected chi connectivity index (χ2v) is 10.8. The van der Waals surface area contributed by atoms with Crippen LogP contribution >= 0.6 is 11.8 Å². The molecule has 5 nitrogen and oxygen atoms in total. The standard InChI is InChI=1S/C19H30N2O3S2/c1-4-13-26(23,24)17-8-6-5-7-16(17)25-15(2)18(22)21-14-19(3)9-11-20-12-10-19/h5-8,15,20H,4,9-14H2,1-3H3,(H,21,22). The molecule has 1 saturated heterocycles. The van der Waals surface area contributed by atoms with Crippen molar-refractivity contribution in [3.8, 4) is 0 Å². The average molecular weight is 399 g/mol. The van der Waals surface area contributed by atoms with E-state index in [4.69, 9.17) is 0 Å². The molecule has 2 N–H and O–H groups in total. The van der Waals surface area contributed by atoms with E-state index in [1.54, 1.807) is 18.2 Å². The Balaban J connectivity index is 2.01. The summed E-state index contributed by atoms with van der Waals surface area (Å²) in [4.78, 5) is 13.5. The number of carbonyl (C=O) groups is 1. The molecule has 0 radical (unpaired) electrons. The van der Waals surface area contributed by atoms with Gasteiger partial charge in [0.05, 0.1) is 15.9 Å². The lowest BCUT2D eigenvalue weighted by Crippen LogP contribution is -2.44. The third-order valence-corrected chi connectivity index (χ3v) is 8.11. The van der Waals surface area contributed by atoms with Crippen molar-refractivity contribution in [1.82, 2.24) is 10.6 Å². The van der Waals surface area contributed by atoms with Gasteiger partial charge in [0.1, 0.15) is 0 Å². The summed E-state index contributed by atoms with van der Waals surface area (Å²) < 4.78 is 24.9. The van der Waals surface area contributed by atoms with E-state index in [-0.39, 0.29) is 22.3 Å². The minimum Gasteiger partial charge on any atom is -0.355 e. The van der Waals surface area contributed by atoms with Gasteiger partial charge in [-0.05, 0) is 56.8 Å². The van der Waals surface area contributed by atoms with Crippen LogP contribution in [0.15, 0.2) is 34.1 Å². The Labute approximate surface area is 161 Å². The summed E-state index contributed by atoms with van der Waals surface area (Å²) in [6.45, 7) is 8.52. The van der Waals surface area contributed by atoms with E-state index in [9.17, 15) is 13.2 Å². The number of benzene rings is 1. The maximum atomic E-state index is 12.5. The van der Waals surface area contributed by atoms with Gasteiger partial charge in [-0.15, -0.1) is 11.8 Å². The quantitative estimate of drug-likeness (QED) is 0.659. The van der Waals surface area contributed by atoms with Crippen molar-refractivity contribution in [3.63, 3.8) is 0 Å². The van der Waals surface area contributed by atoms with Gasteiger partial charge in [-0.25, -0.2) is 8.42 Å². The predicted octanol–water partition coefficient (Wildman–Crippen LogP) is 2.86. The van der Waals surface area contributed by atoms with Crippen LogP contribution in [0.2, 0.25) is 0 Å². The fraction of sp³-hybridized carbons (Fsp3) is 0.632. The van der Waals surface area contributed by atoms with Crippen molar-refractivity contribution < 1.29 is 13.2 Å². The van der Waals surface area contributed by atoms with Crippen molar-refractivity contribution in [2.24, 2.45) is 5.41 Å². The molecule has 7 heteroatoms. The highest BCUT2D eigenvalue weighted by Gasteiger charge is 2.28. The molecule has 1 aromatic rings. The largest absolute Gasteiger partial charge is 0.355 e. The predicted molar refractivity (Wildman–Crippen MR) is 107 cm³/mol. The van der Waals surface area contributed by atoms with Crippen LogP contribution in [0.5, 0.6) is 0 Å². The molecule has 26 heavy (non-hydrogen) atoms. The molecule has 1 heterocycles. The summed E-state index contributed by atoms with van der Waals surface area (Å²) in [6, 6.07) is 6.96. The zero-order valence-corrected chi connectivity index (χ0v) is 17.5. The molecular formula is C19H30N2O3S2. The first-order chi connectivity index (χ1) is 12.3.